The van der Waals surface area contributed by atoms with Crippen molar-refractivity contribution in [1.82, 2.24) is 4.90 Å². The van der Waals surface area contributed by atoms with Crippen molar-refractivity contribution in [2.24, 2.45) is 17.8 Å². The van der Waals surface area contributed by atoms with Crippen LogP contribution in [-0.4, -0.2) is 34.0 Å². The molecular weight excluding hydrogens is 230 g/mol. The molecule has 0 bridgehead atoms. The van der Waals surface area contributed by atoms with Crippen LogP contribution in [0, 0.1) is 17.8 Å². The zero-order valence-electron chi connectivity index (χ0n) is 12.6. The van der Waals surface area contributed by atoms with Crippen LogP contribution in [0.15, 0.2) is 0 Å². The van der Waals surface area contributed by atoms with Crippen LogP contribution in [0.1, 0.15) is 48.5 Å². The standard InChI is InChI=1S/C14H27NO3/c1-8(2)12(9(3)4)13(14(17)18)15(10(5)6)11(7)16/h8-10,12-13H,1-7H3,(H,17,18). The number of aliphatic carboxylic acids is 1. The Hall–Kier alpha value is -1.06. The van der Waals surface area contributed by atoms with E-state index in [1.165, 1.54) is 11.8 Å². The van der Waals surface area contributed by atoms with Crippen LogP contribution in [-0.2, 0) is 9.59 Å². The fourth-order valence-corrected chi connectivity index (χ4v) is 2.85. The number of carboxylic acid groups (broad SMARTS) is 1. The van der Waals surface area contributed by atoms with Gasteiger partial charge in [-0.2, -0.15) is 0 Å². The summed E-state index contributed by atoms with van der Waals surface area (Å²) in [4.78, 5) is 24.8. The Morgan fingerprint density at radius 2 is 1.33 bits per heavy atom. The first-order valence-corrected chi connectivity index (χ1v) is 6.62. The summed E-state index contributed by atoms with van der Waals surface area (Å²) in [6, 6.07) is -0.855. The van der Waals surface area contributed by atoms with Gasteiger partial charge in [0.1, 0.15) is 6.04 Å². The van der Waals surface area contributed by atoms with Crippen LogP contribution in [0.25, 0.3) is 0 Å². The lowest BCUT2D eigenvalue weighted by Gasteiger charge is -2.40. The van der Waals surface area contributed by atoms with E-state index < -0.39 is 12.0 Å². The third-order valence-corrected chi connectivity index (χ3v) is 3.38. The third kappa shape index (κ3) is 4.00. The highest BCUT2D eigenvalue weighted by Gasteiger charge is 2.39. The first-order valence-electron chi connectivity index (χ1n) is 6.62. The molecular formula is C14H27NO3. The molecule has 0 heterocycles. The predicted molar refractivity (Wildman–Crippen MR) is 72.2 cm³/mol. The van der Waals surface area contributed by atoms with Gasteiger partial charge in [-0.25, -0.2) is 4.79 Å². The summed E-state index contributed by atoms with van der Waals surface area (Å²) in [5, 5.41) is 9.52. The summed E-state index contributed by atoms with van der Waals surface area (Å²) in [5.41, 5.74) is 0. The second-order valence-corrected chi connectivity index (χ2v) is 5.87. The van der Waals surface area contributed by atoms with Crippen molar-refractivity contribution in [1.29, 1.82) is 0 Å². The number of carboxylic acids is 1. The largest absolute Gasteiger partial charge is 0.480 e. The van der Waals surface area contributed by atoms with E-state index in [1.54, 1.807) is 0 Å². The third-order valence-electron chi connectivity index (χ3n) is 3.38. The molecule has 4 nitrogen and oxygen atoms in total. The SMILES string of the molecule is CC(=O)N(C(C)C)C(C(=O)O)C(C(C)C)C(C)C. The Bertz CT molecular complexity index is 289. The molecule has 0 radical (unpaired) electrons. The maximum absolute atomic E-state index is 11.7. The Morgan fingerprint density at radius 1 is 0.944 bits per heavy atom. The summed E-state index contributed by atoms with van der Waals surface area (Å²) in [7, 11) is 0. The molecule has 1 atom stereocenters. The molecule has 1 unspecified atom stereocenters. The number of hydrogen-bond donors (Lipinski definition) is 1. The number of amides is 1. The highest BCUT2D eigenvalue weighted by Crippen LogP contribution is 2.29. The molecule has 18 heavy (non-hydrogen) atoms. The lowest BCUT2D eigenvalue weighted by molar-refractivity contribution is -0.155. The van der Waals surface area contributed by atoms with E-state index in [-0.39, 0.29) is 29.7 Å². The van der Waals surface area contributed by atoms with Gasteiger partial charge in [-0.3, -0.25) is 4.79 Å². The molecule has 4 heteroatoms. The molecule has 1 amide bonds. The molecule has 0 aromatic carbocycles. The highest BCUT2D eigenvalue weighted by atomic mass is 16.4. The van der Waals surface area contributed by atoms with Gasteiger partial charge in [0.15, 0.2) is 0 Å². The molecule has 0 aliphatic rings. The van der Waals surface area contributed by atoms with Crippen molar-refractivity contribution in [3.63, 3.8) is 0 Å². The zero-order chi connectivity index (χ0) is 14.6. The molecule has 106 valence electrons. The molecule has 0 aromatic rings. The number of nitrogens with zero attached hydrogens (tertiary/aromatic N) is 1. The van der Waals surface area contributed by atoms with Crippen LogP contribution >= 0.6 is 0 Å². The van der Waals surface area contributed by atoms with Gasteiger partial charge in [-0.05, 0) is 31.6 Å². The van der Waals surface area contributed by atoms with Crippen LogP contribution in [0.3, 0.4) is 0 Å². The maximum atomic E-state index is 11.7. The van der Waals surface area contributed by atoms with E-state index in [0.29, 0.717) is 0 Å². The Morgan fingerprint density at radius 3 is 1.50 bits per heavy atom. The normalized spacial score (nSPS) is 13.5. The van der Waals surface area contributed by atoms with Gasteiger partial charge in [-0.1, -0.05) is 27.7 Å². The Kier molecular flexibility index (Phi) is 6.36. The second-order valence-electron chi connectivity index (χ2n) is 5.87. The van der Waals surface area contributed by atoms with Crippen molar-refractivity contribution < 1.29 is 14.7 Å². The fraction of sp³-hybridized carbons (Fsp3) is 0.857. The summed E-state index contributed by atoms with van der Waals surface area (Å²) >= 11 is 0. The number of rotatable bonds is 6. The predicted octanol–water partition coefficient (Wildman–Crippen LogP) is 2.62. The smallest absolute Gasteiger partial charge is 0.326 e. The molecule has 0 fully saturated rings. The lowest BCUT2D eigenvalue weighted by atomic mass is 9.78. The van der Waals surface area contributed by atoms with Crippen molar-refractivity contribution in [2.75, 3.05) is 0 Å². The minimum Gasteiger partial charge on any atom is -0.480 e. The van der Waals surface area contributed by atoms with Crippen molar-refractivity contribution in [3.05, 3.63) is 0 Å². The van der Waals surface area contributed by atoms with Crippen LogP contribution in [0.2, 0.25) is 0 Å². The average Bonchev–Trinajstić information content (AvgIpc) is 2.13. The van der Waals surface area contributed by atoms with Gasteiger partial charge in [0, 0.05) is 13.0 Å². The number of hydrogen-bond acceptors (Lipinski definition) is 2. The van der Waals surface area contributed by atoms with E-state index in [1.807, 2.05) is 41.5 Å². The molecule has 0 rings (SSSR count). The van der Waals surface area contributed by atoms with Crippen LogP contribution < -0.4 is 0 Å². The average molecular weight is 257 g/mol. The van der Waals surface area contributed by atoms with Gasteiger partial charge in [0.2, 0.25) is 5.91 Å². The molecule has 1 N–H and O–H groups in total. The second kappa shape index (κ2) is 6.76. The van der Waals surface area contributed by atoms with E-state index in [4.69, 9.17) is 0 Å². The van der Waals surface area contributed by atoms with Crippen LogP contribution in [0.5, 0.6) is 0 Å². The van der Waals surface area contributed by atoms with E-state index in [2.05, 4.69) is 0 Å². The summed E-state index contributed by atoms with van der Waals surface area (Å²) in [6.45, 7) is 13.2. The quantitative estimate of drug-likeness (QED) is 0.795. The maximum Gasteiger partial charge on any atom is 0.326 e. The van der Waals surface area contributed by atoms with Gasteiger partial charge in [0.05, 0.1) is 0 Å². The monoisotopic (exact) mass is 257 g/mol. The van der Waals surface area contributed by atoms with E-state index >= 15 is 0 Å². The highest BCUT2D eigenvalue weighted by molar-refractivity contribution is 5.82. The van der Waals surface area contributed by atoms with Crippen molar-refractivity contribution in [3.8, 4) is 0 Å². The molecule has 0 spiro atoms. The van der Waals surface area contributed by atoms with E-state index in [9.17, 15) is 14.7 Å². The summed E-state index contributed by atoms with van der Waals surface area (Å²) in [5.74, 6) is -0.706. The number of carbonyl (C=O) groups is 2. The Labute approximate surface area is 110 Å². The number of carbonyl (C=O) groups excluding carboxylic acids is 1. The summed E-state index contributed by atoms with van der Waals surface area (Å²) < 4.78 is 0. The molecule has 0 aromatic heterocycles. The van der Waals surface area contributed by atoms with Gasteiger partial charge in [0.25, 0.3) is 0 Å². The van der Waals surface area contributed by atoms with Crippen molar-refractivity contribution >= 4 is 11.9 Å². The zero-order valence-corrected chi connectivity index (χ0v) is 12.6. The minimum absolute atomic E-state index is 0.0474. The molecule has 0 aliphatic heterocycles. The van der Waals surface area contributed by atoms with Crippen molar-refractivity contribution in [2.45, 2.75) is 60.5 Å². The minimum atomic E-state index is -0.911. The fourth-order valence-electron chi connectivity index (χ4n) is 2.85. The Balaban J connectivity index is 5.51. The van der Waals surface area contributed by atoms with E-state index in [0.717, 1.165) is 0 Å². The van der Waals surface area contributed by atoms with Gasteiger partial charge in [-0.15, -0.1) is 0 Å². The first-order chi connectivity index (χ1) is 8.11. The lowest BCUT2D eigenvalue weighted by Crippen LogP contribution is -2.54. The molecule has 0 saturated carbocycles. The van der Waals surface area contributed by atoms with Gasteiger partial charge >= 0.3 is 5.97 Å². The van der Waals surface area contributed by atoms with Gasteiger partial charge < -0.3 is 10.0 Å². The summed E-state index contributed by atoms with van der Waals surface area (Å²) in [6.07, 6.45) is 0. The molecule has 0 saturated heterocycles. The topological polar surface area (TPSA) is 57.6 Å². The first kappa shape index (κ1) is 16.9. The van der Waals surface area contributed by atoms with Crippen LogP contribution in [0.4, 0.5) is 0 Å². The molecule has 0 aliphatic carbocycles.